The highest BCUT2D eigenvalue weighted by atomic mass is 19.4. The van der Waals surface area contributed by atoms with Gasteiger partial charge in [0.2, 0.25) is 0 Å². The van der Waals surface area contributed by atoms with E-state index in [-0.39, 0.29) is 52.0 Å². The van der Waals surface area contributed by atoms with Crippen LogP contribution in [-0.2, 0) is 4.74 Å². The number of carbonyl (C=O) groups is 3. The highest BCUT2D eigenvalue weighted by molar-refractivity contribution is 5.94. The molecule has 0 radical (unpaired) electrons. The number of carbonyl (C=O) groups excluding carboxylic acids is 1. The maximum Gasteiger partial charge on any atom is 0.414 e. The van der Waals surface area contributed by atoms with Crippen molar-refractivity contribution in [1.29, 1.82) is 0 Å². The minimum Gasteiger partial charge on any atom is -0.478 e. The second-order valence-electron chi connectivity index (χ2n) is 17.9. The van der Waals surface area contributed by atoms with Crippen molar-refractivity contribution in [3.05, 3.63) is 156 Å². The van der Waals surface area contributed by atoms with Crippen LogP contribution in [0.5, 0.6) is 23.0 Å². The Morgan fingerprint density at radius 1 is 0.627 bits per heavy atom. The van der Waals surface area contributed by atoms with E-state index in [0.717, 1.165) is 11.0 Å². The van der Waals surface area contributed by atoms with Crippen LogP contribution in [0.15, 0.2) is 122 Å². The number of carboxylic acid groups (broad SMARTS) is 2. The number of aromatic carboxylic acids is 2. The lowest BCUT2D eigenvalue weighted by molar-refractivity contribution is -0.132. The Morgan fingerprint density at radius 3 is 1.56 bits per heavy atom. The smallest absolute Gasteiger partial charge is 0.414 e. The highest BCUT2D eigenvalue weighted by Crippen LogP contribution is 2.37. The van der Waals surface area contributed by atoms with E-state index in [1.807, 2.05) is 0 Å². The minimum atomic E-state index is -4.57. The number of fused-ring (bicyclic) bond motifs is 2. The number of aromatic nitrogens is 4. The molecule has 0 fully saturated rings. The fourth-order valence-corrected chi connectivity index (χ4v) is 7.64. The number of hydrogen-bond donors (Lipinski definition) is 3. The molecule has 75 heavy (non-hydrogen) atoms. The number of anilines is 2. The number of aryl methyl sites for hydroxylation is 2. The zero-order valence-electron chi connectivity index (χ0n) is 40.5. The van der Waals surface area contributed by atoms with E-state index >= 15 is 0 Å². The number of rotatable bonds is 14. The summed E-state index contributed by atoms with van der Waals surface area (Å²) in [7, 11) is 0. The fourth-order valence-electron chi connectivity index (χ4n) is 7.64. The number of imidazole rings is 2. The lowest BCUT2D eigenvalue weighted by Crippen LogP contribution is -2.39. The van der Waals surface area contributed by atoms with Gasteiger partial charge in [0.25, 0.3) is 0 Å². The van der Waals surface area contributed by atoms with Crippen molar-refractivity contribution in [2.24, 2.45) is 0 Å². The van der Waals surface area contributed by atoms with Gasteiger partial charge in [-0.15, -0.1) is 0 Å². The van der Waals surface area contributed by atoms with Crippen LogP contribution in [0.25, 0.3) is 33.8 Å². The average molecular weight is 1050 g/mol. The lowest BCUT2D eigenvalue weighted by Gasteiger charge is -2.28. The van der Waals surface area contributed by atoms with Gasteiger partial charge >= 0.3 is 30.4 Å². The fraction of sp³-hybridized carbons (Fsp3) is 0.226. The topological polar surface area (TPSA) is 169 Å². The molecule has 0 spiro atoms. The Labute approximate surface area is 422 Å². The summed E-state index contributed by atoms with van der Waals surface area (Å²) in [4.78, 5) is 45.6. The van der Waals surface area contributed by atoms with Crippen LogP contribution in [0.4, 0.5) is 51.3 Å². The van der Waals surface area contributed by atoms with Crippen LogP contribution in [0.3, 0.4) is 0 Å². The van der Waals surface area contributed by atoms with Crippen LogP contribution in [-0.4, -0.2) is 78.1 Å². The molecule has 0 saturated carbocycles. The molecule has 392 valence electrons. The second kappa shape index (κ2) is 21.8. The molecular weight excluding hydrogens is 1000 g/mol. The average Bonchev–Trinajstić information content (AvgIpc) is 3.93. The third-order valence-electron chi connectivity index (χ3n) is 11.0. The second-order valence-corrected chi connectivity index (χ2v) is 17.9. The summed E-state index contributed by atoms with van der Waals surface area (Å²) in [6, 6.07) is 23.0. The number of ether oxygens (including phenoxy) is 3. The monoisotopic (exact) mass is 1050 g/mol. The number of amides is 1. The zero-order valence-corrected chi connectivity index (χ0v) is 40.5. The molecule has 4 aromatic carbocycles. The first-order valence-corrected chi connectivity index (χ1v) is 22.7. The molecule has 14 nitrogen and oxygen atoms in total. The molecule has 8 aromatic rings. The molecule has 8 rings (SSSR count). The van der Waals surface area contributed by atoms with E-state index in [0.29, 0.717) is 45.0 Å². The third kappa shape index (κ3) is 13.9. The largest absolute Gasteiger partial charge is 0.478 e. The van der Waals surface area contributed by atoms with Crippen molar-refractivity contribution >= 4 is 40.7 Å². The number of nitrogens with zero attached hydrogens (tertiary/aromatic N) is 5. The summed E-state index contributed by atoms with van der Waals surface area (Å²) in [5, 5.41) is 21.4. The van der Waals surface area contributed by atoms with Crippen molar-refractivity contribution < 1.29 is 73.9 Å². The number of hydrogen-bond acceptors (Lipinski definition) is 9. The van der Waals surface area contributed by atoms with Gasteiger partial charge in [0.1, 0.15) is 40.2 Å². The van der Waals surface area contributed by atoms with Crippen LogP contribution < -0.4 is 19.7 Å². The molecule has 0 bridgehead atoms. The molecule has 0 aliphatic rings. The van der Waals surface area contributed by atoms with E-state index in [9.17, 15) is 59.7 Å². The van der Waals surface area contributed by atoms with Gasteiger partial charge in [-0.2, -0.15) is 26.3 Å². The normalized spacial score (nSPS) is 11.7. The molecule has 4 aromatic heterocycles. The maximum absolute atomic E-state index is 13.9. The van der Waals surface area contributed by atoms with Crippen molar-refractivity contribution in [2.75, 3.05) is 23.3 Å². The lowest BCUT2D eigenvalue weighted by atomic mass is 10.0. The summed E-state index contributed by atoms with van der Waals surface area (Å²) in [6.45, 7) is 6.90. The molecule has 22 heteroatoms. The van der Waals surface area contributed by atoms with E-state index in [2.05, 4.69) is 15.3 Å². The number of pyridine rings is 2. The van der Waals surface area contributed by atoms with Gasteiger partial charge in [-0.3, -0.25) is 13.7 Å². The molecule has 0 atom stereocenters. The van der Waals surface area contributed by atoms with Crippen molar-refractivity contribution in [3.8, 4) is 45.5 Å². The predicted octanol–water partition coefficient (Wildman–Crippen LogP) is 13.9. The SMILES string of the molecule is Cc1cc(-c2cnc3c(N(CCC(F)(F)F)C(=O)OC(C)(C)C)cc(Oc4cccc(F)c4)cn23)ccc1C(=O)O.Cc1cc(-c2cnc3c(NCCC(F)(F)F)cc(Oc4cccc(F)c4)cn23)ccc1C(=O)O. The zero-order chi connectivity index (χ0) is 54.6. The molecule has 3 N–H and O–H groups in total. The van der Waals surface area contributed by atoms with Crippen LogP contribution >= 0.6 is 0 Å². The summed E-state index contributed by atoms with van der Waals surface area (Å²) >= 11 is 0. The van der Waals surface area contributed by atoms with Gasteiger partial charge < -0.3 is 29.7 Å². The molecule has 0 aliphatic heterocycles. The van der Waals surface area contributed by atoms with Gasteiger partial charge in [-0.1, -0.05) is 24.3 Å². The van der Waals surface area contributed by atoms with Gasteiger partial charge in [-0.25, -0.2) is 33.1 Å². The first kappa shape index (κ1) is 54.1. The van der Waals surface area contributed by atoms with Crippen molar-refractivity contribution in [1.82, 2.24) is 18.8 Å². The van der Waals surface area contributed by atoms with E-state index in [1.165, 1.54) is 83.7 Å². The molecule has 4 heterocycles. The quantitative estimate of drug-likeness (QED) is 0.0886. The van der Waals surface area contributed by atoms with E-state index in [4.69, 9.17) is 14.2 Å². The van der Waals surface area contributed by atoms with Crippen molar-refractivity contribution in [2.45, 2.75) is 65.4 Å². The highest BCUT2D eigenvalue weighted by Gasteiger charge is 2.33. The van der Waals surface area contributed by atoms with Crippen LogP contribution in [0.1, 0.15) is 65.5 Å². The van der Waals surface area contributed by atoms with Crippen LogP contribution in [0.2, 0.25) is 0 Å². The number of benzene rings is 4. The summed E-state index contributed by atoms with van der Waals surface area (Å²) in [6.07, 6.45) is -6.25. The Hall–Kier alpha value is -8.69. The van der Waals surface area contributed by atoms with E-state index in [1.54, 1.807) is 75.5 Å². The molecule has 1 amide bonds. The number of alkyl halides is 6. The molecule has 0 saturated heterocycles. The van der Waals surface area contributed by atoms with E-state index < -0.39 is 67.0 Å². The minimum absolute atomic E-state index is 0.0393. The Balaban J connectivity index is 0.000000222. The van der Waals surface area contributed by atoms with Gasteiger partial charge in [0.05, 0.1) is 71.5 Å². The molecule has 0 unspecified atom stereocenters. The first-order chi connectivity index (χ1) is 35.2. The maximum atomic E-state index is 13.9. The Bertz CT molecular complexity index is 3420. The Kier molecular flexibility index (Phi) is 15.7. The van der Waals surface area contributed by atoms with Crippen LogP contribution in [0, 0.1) is 25.5 Å². The van der Waals surface area contributed by atoms with Gasteiger partial charge in [0, 0.05) is 48.5 Å². The Morgan fingerprint density at radius 2 is 1.11 bits per heavy atom. The first-order valence-electron chi connectivity index (χ1n) is 22.7. The molecular formula is C53H46F8N6O8. The predicted molar refractivity (Wildman–Crippen MR) is 261 cm³/mol. The van der Waals surface area contributed by atoms with Gasteiger partial charge in [0.15, 0.2) is 11.3 Å². The van der Waals surface area contributed by atoms with Crippen molar-refractivity contribution in [3.63, 3.8) is 0 Å². The number of halogens is 8. The molecule has 0 aliphatic carbocycles. The number of carboxylic acids is 2. The summed E-state index contributed by atoms with van der Waals surface area (Å²) in [5.74, 6) is -2.59. The number of nitrogens with one attached hydrogen (secondary N) is 1. The summed E-state index contributed by atoms with van der Waals surface area (Å²) in [5.41, 5.74) is 3.17. The standard InChI is InChI=1S/C29H27F4N3O5.C24H19F4N3O3/c1-17-12-18(8-9-22(17)26(37)38)24-15-34-25-23(35(11-10-29(31,32)33)27(39)41-28(2,3)4)14-21(16-36(24)25)40-20-7-5-6-19(30)13-20;1-14-9-15(5-6-19(14)23(32)33)21-12-30-22-20(29-8-7-24(26,27)28)11-18(13-31(21)22)34-17-4-2-3-16(25)10-17/h5-9,12-16H,10-11H2,1-4H3,(H,37,38);2-6,9-13,29H,7-8H2,1H3,(H,32,33). The van der Waals surface area contributed by atoms with Gasteiger partial charge in [-0.05, 0) is 94.3 Å². The summed E-state index contributed by atoms with van der Waals surface area (Å²) < 4.78 is 126. The third-order valence-corrected chi connectivity index (χ3v) is 11.0.